The molecule has 1 saturated heterocycles. The molecule has 0 aliphatic carbocycles. The van der Waals surface area contributed by atoms with Gasteiger partial charge in [-0.3, -0.25) is 0 Å². The molecule has 1 aromatic rings. The standard InChI is InChI=1S/C11H19N3O/c1-3-4-5-10-13-11(15-14-10)9-7-12-6-8(9)2/h8-9,12H,3-7H2,1-2H3/t8-,9-/m1/s1. The third-order valence-electron chi connectivity index (χ3n) is 3.07. The smallest absolute Gasteiger partial charge is 0.231 e. The largest absolute Gasteiger partial charge is 0.339 e. The highest BCUT2D eigenvalue weighted by Gasteiger charge is 2.29. The minimum absolute atomic E-state index is 0.410. The number of unbranched alkanes of at least 4 members (excludes halogenated alkanes) is 1. The molecule has 4 nitrogen and oxygen atoms in total. The van der Waals surface area contributed by atoms with Gasteiger partial charge in [0.15, 0.2) is 5.82 Å². The molecule has 1 aromatic heterocycles. The Kier molecular flexibility index (Phi) is 3.36. The lowest BCUT2D eigenvalue weighted by atomic mass is 9.98. The van der Waals surface area contributed by atoms with Gasteiger partial charge in [0.05, 0.1) is 5.92 Å². The lowest BCUT2D eigenvalue weighted by Gasteiger charge is -2.07. The van der Waals surface area contributed by atoms with E-state index in [1.807, 2.05) is 0 Å². The first-order valence-corrected chi connectivity index (χ1v) is 5.84. The minimum Gasteiger partial charge on any atom is -0.339 e. The molecular formula is C11H19N3O. The average molecular weight is 209 g/mol. The lowest BCUT2D eigenvalue weighted by molar-refractivity contribution is 0.336. The van der Waals surface area contributed by atoms with E-state index in [0.717, 1.165) is 37.6 Å². The molecule has 2 heterocycles. The van der Waals surface area contributed by atoms with E-state index >= 15 is 0 Å². The Morgan fingerprint density at radius 2 is 2.33 bits per heavy atom. The number of nitrogens with one attached hydrogen (secondary N) is 1. The van der Waals surface area contributed by atoms with Crippen LogP contribution in [0.3, 0.4) is 0 Å². The molecule has 1 N–H and O–H groups in total. The van der Waals surface area contributed by atoms with Crippen LogP contribution in [0.5, 0.6) is 0 Å². The molecular weight excluding hydrogens is 190 g/mol. The fourth-order valence-corrected chi connectivity index (χ4v) is 2.00. The number of aryl methyl sites for hydroxylation is 1. The third kappa shape index (κ3) is 2.37. The Morgan fingerprint density at radius 3 is 3.00 bits per heavy atom. The molecule has 1 aliphatic heterocycles. The van der Waals surface area contributed by atoms with Crippen molar-refractivity contribution in [1.82, 2.24) is 15.5 Å². The summed E-state index contributed by atoms with van der Waals surface area (Å²) in [7, 11) is 0. The summed E-state index contributed by atoms with van der Waals surface area (Å²) < 4.78 is 5.31. The quantitative estimate of drug-likeness (QED) is 0.820. The van der Waals surface area contributed by atoms with Gasteiger partial charge in [0, 0.05) is 13.0 Å². The van der Waals surface area contributed by atoms with E-state index in [4.69, 9.17) is 4.52 Å². The van der Waals surface area contributed by atoms with Crippen molar-refractivity contribution in [3.05, 3.63) is 11.7 Å². The summed E-state index contributed by atoms with van der Waals surface area (Å²) in [6, 6.07) is 0. The van der Waals surface area contributed by atoms with Crippen LogP contribution in [0, 0.1) is 5.92 Å². The zero-order valence-corrected chi connectivity index (χ0v) is 9.49. The summed E-state index contributed by atoms with van der Waals surface area (Å²) in [5, 5.41) is 7.36. The SMILES string of the molecule is CCCCc1noc([C@@H]2CNC[C@H]2C)n1. The van der Waals surface area contributed by atoms with Crippen LogP contribution in [0.15, 0.2) is 4.52 Å². The van der Waals surface area contributed by atoms with Crippen molar-refractivity contribution in [2.45, 2.75) is 39.0 Å². The second-order valence-electron chi connectivity index (χ2n) is 4.39. The first-order chi connectivity index (χ1) is 7.31. The van der Waals surface area contributed by atoms with Crippen LogP contribution < -0.4 is 5.32 Å². The third-order valence-corrected chi connectivity index (χ3v) is 3.07. The van der Waals surface area contributed by atoms with E-state index in [-0.39, 0.29) is 0 Å². The van der Waals surface area contributed by atoms with Crippen molar-refractivity contribution >= 4 is 0 Å². The zero-order valence-electron chi connectivity index (χ0n) is 9.49. The first-order valence-electron chi connectivity index (χ1n) is 5.84. The summed E-state index contributed by atoms with van der Waals surface area (Å²) in [5.74, 6) is 2.70. The van der Waals surface area contributed by atoms with Crippen molar-refractivity contribution < 1.29 is 4.52 Å². The Hall–Kier alpha value is -0.900. The Labute approximate surface area is 90.4 Å². The van der Waals surface area contributed by atoms with Crippen molar-refractivity contribution in [2.75, 3.05) is 13.1 Å². The molecule has 1 aliphatic rings. The van der Waals surface area contributed by atoms with E-state index in [9.17, 15) is 0 Å². The molecule has 2 atom stereocenters. The number of rotatable bonds is 4. The molecule has 84 valence electrons. The van der Waals surface area contributed by atoms with Crippen molar-refractivity contribution in [1.29, 1.82) is 0 Å². The van der Waals surface area contributed by atoms with Crippen LogP contribution >= 0.6 is 0 Å². The van der Waals surface area contributed by atoms with Gasteiger partial charge in [-0.15, -0.1) is 0 Å². The van der Waals surface area contributed by atoms with Gasteiger partial charge in [-0.2, -0.15) is 4.98 Å². The Morgan fingerprint density at radius 1 is 1.47 bits per heavy atom. The molecule has 15 heavy (non-hydrogen) atoms. The van der Waals surface area contributed by atoms with E-state index in [2.05, 4.69) is 29.3 Å². The van der Waals surface area contributed by atoms with Gasteiger partial charge in [0.2, 0.25) is 5.89 Å². The van der Waals surface area contributed by atoms with E-state index < -0.39 is 0 Å². The van der Waals surface area contributed by atoms with Crippen LogP contribution in [-0.2, 0) is 6.42 Å². The zero-order chi connectivity index (χ0) is 10.7. The van der Waals surface area contributed by atoms with Crippen LogP contribution in [0.2, 0.25) is 0 Å². The van der Waals surface area contributed by atoms with Gasteiger partial charge in [-0.25, -0.2) is 0 Å². The first kappa shape index (κ1) is 10.6. The summed E-state index contributed by atoms with van der Waals surface area (Å²) in [5.41, 5.74) is 0. The molecule has 0 amide bonds. The normalized spacial score (nSPS) is 26.0. The van der Waals surface area contributed by atoms with E-state index in [1.165, 1.54) is 6.42 Å². The van der Waals surface area contributed by atoms with Crippen LogP contribution in [0.4, 0.5) is 0 Å². The highest BCUT2D eigenvalue weighted by Crippen LogP contribution is 2.26. The summed E-state index contributed by atoms with van der Waals surface area (Å²) in [6.07, 6.45) is 3.25. The monoisotopic (exact) mass is 209 g/mol. The summed E-state index contributed by atoms with van der Waals surface area (Å²) in [6.45, 7) is 6.42. The summed E-state index contributed by atoms with van der Waals surface area (Å²) >= 11 is 0. The number of nitrogens with zero attached hydrogens (tertiary/aromatic N) is 2. The molecule has 2 rings (SSSR count). The van der Waals surface area contributed by atoms with Crippen LogP contribution in [0.1, 0.15) is 44.3 Å². The van der Waals surface area contributed by atoms with Crippen LogP contribution in [-0.4, -0.2) is 23.2 Å². The van der Waals surface area contributed by atoms with Gasteiger partial charge in [0.1, 0.15) is 0 Å². The minimum atomic E-state index is 0.410. The topological polar surface area (TPSA) is 51.0 Å². The Balaban J connectivity index is 1.99. The van der Waals surface area contributed by atoms with Crippen LogP contribution in [0.25, 0.3) is 0 Å². The van der Waals surface area contributed by atoms with Crippen molar-refractivity contribution in [3.63, 3.8) is 0 Å². The maximum Gasteiger partial charge on any atom is 0.231 e. The van der Waals surface area contributed by atoms with E-state index in [0.29, 0.717) is 11.8 Å². The van der Waals surface area contributed by atoms with Crippen molar-refractivity contribution in [3.8, 4) is 0 Å². The van der Waals surface area contributed by atoms with Crippen molar-refractivity contribution in [2.24, 2.45) is 5.92 Å². The molecule has 0 radical (unpaired) electrons. The molecule has 0 saturated carbocycles. The summed E-state index contributed by atoms with van der Waals surface area (Å²) in [4.78, 5) is 4.46. The molecule has 1 fully saturated rings. The second kappa shape index (κ2) is 4.75. The van der Waals surface area contributed by atoms with Gasteiger partial charge in [-0.05, 0) is 18.9 Å². The highest BCUT2D eigenvalue weighted by molar-refractivity contribution is 5.00. The van der Waals surface area contributed by atoms with E-state index in [1.54, 1.807) is 0 Å². The van der Waals surface area contributed by atoms with Gasteiger partial charge >= 0.3 is 0 Å². The number of aromatic nitrogens is 2. The lowest BCUT2D eigenvalue weighted by Crippen LogP contribution is -2.08. The molecule has 0 aromatic carbocycles. The Bertz CT molecular complexity index is 311. The number of hydrogen-bond acceptors (Lipinski definition) is 4. The fraction of sp³-hybridized carbons (Fsp3) is 0.818. The maximum atomic E-state index is 5.31. The molecule has 0 spiro atoms. The fourth-order valence-electron chi connectivity index (χ4n) is 2.00. The van der Waals surface area contributed by atoms with Gasteiger partial charge in [0.25, 0.3) is 0 Å². The van der Waals surface area contributed by atoms with Gasteiger partial charge < -0.3 is 9.84 Å². The maximum absolute atomic E-state index is 5.31. The molecule has 4 heteroatoms. The predicted molar refractivity (Wildman–Crippen MR) is 57.7 cm³/mol. The second-order valence-corrected chi connectivity index (χ2v) is 4.39. The molecule has 0 bridgehead atoms. The highest BCUT2D eigenvalue weighted by atomic mass is 16.5. The molecule has 0 unspecified atom stereocenters. The number of hydrogen-bond donors (Lipinski definition) is 1. The predicted octanol–water partition coefficient (Wildman–Crippen LogP) is 1.74. The van der Waals surface area contributed by atoms with Gasteiger partial charge in [-0.1, -0.05) is 25.4 Å². The average Bonchev–Trinajstić information content (AvgIpc) is 2.83.